The lowest BCUT2D eigenvalue weighted by molar-refractivity contribution is -0.114. The number of thioether (sulfide) groups is 1. The Bertz CT molecular complexity index is 1720. The van der Waals surface area contributed by atoms with Gasteiger partial charge in [-0.1, -0.05) is 73.5 Å². The number of anilines is 2. The van der Waals surface area contributed by atoms with E-state index in [1.165, 1.54) is 30.7 Å². The van der Waals surface area contributed by atoms with E-state index in [1.54, 1.807) is 28.8 Å². The first kappa shape index (κ1) is 28.0. The molecule has 6 rings (SSSR count). The summed E-state index contributed by atoms with van der Waals surface area (Å²) in [6.07, 6.45) is 6.22. The Morgan fingerprint density at radius 3 is 2.29 bits per heavy atom. The van der Waals surface area contributed by atoms with Crippen molar-refractivity contribution in [1.82, 2.24) is 9.55 Å². The predicted molar refractivity (Wildman–Crippen MR) is 169 cm³/mol. The molecule has 2 aliphatic carbocycles. The van der Waals surface area contributed by atoms with Crippen molar-refractivity contribution in [3.63, 3.8) is 0 Å². The molecule has 0 radical (unpaired) electrons. The summed E-state index contributed by atoms with van der Waals surface area (Å²) in [7, 11) is 0. The third-order valence-electron chi connectivity index (χ3n) is 8.37. The third-order valence-corrected chi connectivity index (χ3v) is 9.31. The molecular weight excluding hydrogens is 544 g/mol. The van der Waals surface area contributed by atoms with Gasteiger partial charge in [0.2, 0.25) is 11.8 Å². The fourth-order valence-electron chi connectivity index (χ4n) is 6.48. The van der Waals surface area contributed by atoms with Crippen LogP contribution < -0.4 is 16.2 Å². The van der Waals surface area contributed by atoms with Crippen molar-refractivity contribution in [2.24, 2.45) is 0 Å². The van der Waals surface area contributed by atoms with Crippen molar-refractivity contribution in [2.75, 3.05) is 16.4 Å². The Balaban J connectivity index is 1.39. The normalized spacial score (nSPS) is 15.0. The molecule has 1 fully saturated rings. The summed E-state index contributed by atoms with van der Waals surface area (Å²) in [6, 6.07) is 23.1. The lowest BCUT2D eigenvalue weighted by Crippen LogP contribution is -2.43. The number of aryl methyl sites for hydroxylation is 1. The Morgan fingerprint density at radius 2 is 1.57 bits per heavy atom. The minimum absolute atomic E-state index is 0.0258. The van der Waals surface area contributed by atoms with Gasteiger partial charge in [-0.25, -0.2) is 4.98 Å². The van der Waals surface area contributed by atoms with Crippen LogP contribution in [0.5, 0.6) is 0 Å². The van der Waals surface area contributed by atoms with Crippen LogP contribution >= 0.6 is 11.8 Å². The van der Waals surface area contributed by atoms with Crippen LogP contribution in [-0.4, -0.2) is 27.1 Å². The van der Waals surface area contributed by atoms with Crippen molar-refractivity contribution in [3.8, 4) is 16.9 Å². The smallest absolute Gasteiger partial charge is 0.263 e. The van der Waals surface area contributed by atoms with E-state index < -0.39 is 0 Å². The molecular formula is C34H34N4O3S. The maximum absolute atomic E-state index is 14.7. The van der Waals surface area contributed by atoms with Gasteiger partial charge in [0.05, 0.1) is 22.7 Å². The van der Waals surface area contributed by atoms with Crippen molar-refractivity contribution in [3.05, 3.63) is 99.8 Å². The number of carbonyl (C=O) groups is 2. The van der Waals surface area contributed by atoms with E-state index in [2.05, 4.69) is 28.8 Å². The second kappa shape index (κ2) is 11.6. The Kier molecular flexibility index (Phi) is 7.73. The molecule has 0 bridgehead atoms. The second-order valence-corrected chi connectivity index (χ2v) is 12.3. The number of nitrogens with one attached hydrogen (secondary N) is 2. The molecule has 1 spiro atoms. The van der Waals surface area contributed by atoms with Gasteiger partial charge in [-0.15, -0.1) is 0 Å². The molecule has 0 atom stereocenters. The van der Waals surface area contributed by atoms with Crippen molar-refractivity contribution >= 4 is 35.0 Å². The van der Waals surface area contributed by atoms with Crippen LogP contribution in [0.25, 0.3) is 16.9 Å². The maximum Gasteiger partial charge on any atom is 0.263 e. The number of carbonyl (C=O) groups excluding carboxylic acids is 2. The molecule has 1 aromatic heterocycles. The summed E-state index contributed by atoms with van der Waals surface area (Å²) < 4.78 is 1.73. The molecule has 2 amide bonds. The van der Waals surface area contributed by atoms with Gasteiger partial charge in [-0.2, -0.15) is 0 Å². The minimum atomic E-state index is -0.222. The van der Waals surface area contributed by atoms with E-state index in [4.69, 9.17) is 4.98 Å². The van der Waals surface area contributed by atoms with Crippen LogP contribution in [0, 0.1) is 6.92 Å². The van der Waals surface area contributed by atoms with Crippen LogP contribution in [-0.2, 0) is 21.4 Å². The highest BCUT2D eigenvalue weighted by Crippen LogP contribution is 2.49. The average Bonchev–Trinajstić information content (AvgIpc) is 2.98. The zero-order chi connectivity index (χ0) is 29.3. The highest BCUT2D eigenvalue weighted by Gasteiger charge is 2.43. The molecule has 7 nitrogen and oxygen atoms in total. The van der Waals surface area contributed by atoms with Crippen LogP contribution in [0.15, 0.2) is 82.7 Å². The van der Waals surface area contributed by atoms with Gasteiger partial charge in [-0.05, 0) is 67.6 Å². The highest BCUT2D eigenvalue weighted by atomic mass is 32.2. The zero-order valence-corrected chi connectivity index (χ0v) is 24.7. The van der Waals surface area contributed by atoms with Gasteiger partial charge in [0.1, 0.15) is 0 Å². The van der Waals surface area contributed by atoms with Gasteiger partial charge >= 0.3 is 0 Å². The first-order valence-electron chi connectivity index (χ1n) is 14.5. The number of hydrogen-bond donors (Lipinski definition) is 2. The molecule has 3 aromatic carbocycles. The summed E-state index contributed by atoms with van der Waals surface area (Å²) in [5.41, 5.74) is 6.65. The van der Waals surface area contributed by atoms with Crippen LogP contribution in [0.2, 0.25) is 0 Å². The van der Waals surface area contributed by atoms with E-state index in [-0.39, 0.29) is 28.5 Å². The number of rotatable bonds is 6. The molecule has 4 aromatic rings. The highest BCUT2D eigenvalue weighted by molar-refractivity contribution is 7.99. The third kappa shape index (κ3) is 5.39. The standard InChI is InChI=1S/C34H34N4O3S/c1-22-10-4-7-13-28(22)38-32(41)30-31(27-12-6-5-11-24(27)20-34(30)18-8-3-9-19-34)37-33(38)42-21-29(40)36-26-16-14-25(15-17-26)35-23(2)39/h4-7,10-17H,3,8-9,18-21H2,1-2H3,(H,35,39)(H,36,40). The average molecular weight is 579 g/mol. The number of nitrogens with zero attached hydrogens (tertiary/aromatic N) is 2. The number of hydrogen-bond acceptors (Lipinski definition) is 5. The Hall–Kier alpha value is -4.17. The summed E-state index contributed by atoms with van der Waals surface area (Å²) in [5, 5.41) is 6.14. The molecule has 2 aliphatic rings. The lowest BCUT2D eigenvalue weighted by Gasteiger charge is -2.42. The topological polar surface area (TPSA) is 93.1 Å². The number of aromatic nitrogens is 2. The monoisotopic (exact) mass is 578 g/mol. The fraction of sp³-hybridized carbons (Fsp3) is 0.294. The number of para-hydroxylation sites is 1. The summed E-state index contributed by atoms with van der Waals surface area (Å²) in [6.45, 7) is 3.45. The van der Waals surface area contributed by atoms with Gasteiger partial charge in [0.15, 0.2) is 5.16 Å². The van der Waals surface area contributed by atoms with Gasteiger partial charge in [0, 0.05) is 29.3 Å². The van der Waals surface area contributed by atoms with E-state index in [0.717, 1.165) is 60.2 Å². The Labute approximate surface area is 249 Å². The molecule has 1 heterocycles. The lowest BCUT2D eigenvalue weighted by atomic mass is 9.62. The number of fused-ring (bicyclic) bond motifs is 4. The quantitative estimate of drug-likeness (QED) is 0.197. The van der Waals surface area contributed by atoms with Gasteiger partial charge < -0.3 is 10.6 Å². The zero-order valence-electron chi connectivity index (χ0n) is 23.9. The summed E-state index contributed by atoms with van der Waals surface area (Å²) in [5.74, 6) is -0.283. The molecule has 2 N–H and O–H groups in total. The SMILES string of the molecule is CC(=O)Nc1ccc(NC(=O)CSc2nc3c(c(=O)n2-c2ccccc2C)C2(CCCCC2)Cc2ccccc2-3)cc1. The predicted octanol–water partition coefficient (Wildman–Crippen LogP) is 6.66. The van der Waals surface area contributed by atoms with Crippen molar-refractivity contribution in [2.45, 2.75) is 62.9 Å². The Morgan fingerprint density at radius 1 is 0.905 bits per heavy atom. The molecule has 1 saturated carbocycles. The second-order valence-electron chi connectivity index (χ2n) is 11.3. The maximum atomic E-state index is 14.7. The minimum Gasteiger partial charge on any atom is -0.326 e. The van der Waals surface area contributed by atoms with Gasteiger partial charge in [-0.3, -0.25) is 19.0 Å². The molecule has 8 heteroatoms. The van der Waals surface area contributed by atoms with Crippen LogP contribution in [0.1, 0.15) is 55.7 Å². The molecule has 0 aliphatic heterocycles. The van der Waals surface area contributed by atoms with E-state index in [1.807, 2.05) is 37.3 Å². The fourth-order valence-corrected chi connectivity index (χ4v) is 7.28. The number of amides is 2. The largest absolute Gasteiger partial charge is 0.326 e. The number of benzene rings is 3. The first-order valence-corrected chi connectivity index (χ1v) is 15.5. The summed E-state index contributed by atoms with van der Waals surface area (Å²) in [4.78, 5) is 44.3. The van der Waals surface area contributed by atoms with Crippen molar-refractivity contribution in [1.29, 1.82) is 0 Å². The van der Waals surface area contributed by atoms with Crippen molar-refractivity contribution < 1.29 is 9.59 Å². The van der Waals surface area contributed by atoms with Crippen LogP contribution in [0.3, 0.4) is 0 Å². The van der Waals surface area contributed by atoms with E-state index in [9.17, 15) is 14.4 Å². The van der Waals surface area contributed by atoms with E-state index in [0.29, 0.717) is 16.5 Å². The first-order chi connectivity index (χ1) is 20.3. The molecule has 214 valence electrons. The molecule has 0 unspecified atom stereocenters. The molecule has 42 heavy (non-hydrogen) atoms. The van der Waals surface area contributed by atoms with Crippen LogP contribution in [0.4, 0.5) is 11.4 Å². The van der Waals surface area contributed by atoms with Gasteiger partial charge in [0.25, 0.3) is 5.56 Å². The van der Waals surface area contributed by atoms with E-state index >= 15 is 0 Å². The summed E-state index contributed by atoms with van der Waals surface area (Å²) >= 11 is 1.27. The molecule has 0 saturated heterocycles.